The number of aromatic hydroxyl groups is 1. The maximum absolute atomic E-state index is 11.1. The fourth-order valence-electron chi connectivity index (χ4n) is 4.59. The van der Waals surface area contributed by atoms with E-state index in [0.717, 1.165) is 48.1 Å². The second-order valence-electron chi connectivity index (χ2n) is 9.49. The van der Waals surface area contributed by atoms with Gasteiger partial charge in [-0.2, -0.15) is 0 Å². The molecule has 0 amide bonds. The molecule has 0 bridgehead atoms. The average Bonchev–Trinajstić information content (AvgIpc) is 2.82. The van der Waals surface area contributed by atoms with E-state index in [9.17, 15) is 5.11 Å². The minimum Gasteiger partial charge on any atom is -0.507 e. The van der Waals surface area contributed by atoms with Gasteiger partial charge in [0, 0.05) is 18.0 Å². The van der Waals surface area contributed by atoms with Gasteiger partial charge < -0.3 is 29.8 Å². The lowest BCUT2D eigenvalue weighted by atomic mass is 9.73. The third-order valence-corrected chi connectivity index (χ3v) is 6.45. The molecule has 2 rings (SSSR count). The molecule has 2 atom stereocenters. The molecule has 0 aromatic heterocycles. The van der Waals surface area contributed by atoms with Crippen molar-refractivity contribution in [3.8, 4) is 11.5 Å². The molecule has 198 valence electrons. The van der Waals surface area contributed by atoms with E-state index in [4.69, 9.17) is 24.7 Å². The molecule has 0 saturated carbocycles. The van der Waals surface area contributed by atoms with Gasteiger partial charge in [0.15, 0.2) is 0 Å². The maximum atomic E-state index is 11.1. The molecule has 1 aromatic carbocycles. The minimum absolute atomic E-state index is 0.0664. The van der Waals surface area contributed by atoms with Crippen molar-refractivity contribution in [3.05, 3.63) is 47.1 Å². The fourth-order valence-corrected chi connectivity index (χ4v) is 4.59. The van der Waals surface area contributed by atoms with Crippen LogP contribution in [0.4, 0.5) is 0 Å². The lowest BCUT2D eigenvalue weighted by Crippen LogP contribution is -2.19. The molecule has 1 aromatic rings. The Morgan fingerprint density at radius 1 is 1.03 bits per heavy atom. The molecule has 6 heteroatoms. The summed E-state index contributed by atoms with van der Waals surface area (Å²) < 4.78 is 22.7. The highest BCUT2D eigenvalue weighted by Crippen LogP contribution is 2.47. The van der Waals surface area contributed by atoms with Gasteiger partial charge in [0.05, 0.1) is 39.6 Å². The molecule has 1 aliphatic rings. The highest BCUT2D eigenvalue weighted by molar-refractivity contribution is 5.52. The molecule has 0 saturated heterocycles. The van der Waals surface area contributed by atoms with Crippen molar-refractivity contribution in [1.29, 1.82) is 0 Å². The number of hydrogen-bond acceptors (Lipinski definition) is 6. The number of hydrogen-bond donors (Lipinski definition) is 2. The Bertz CT molecular complexity index is 792. The Hall–Kier alpha value is -1.86. The van der Waals surface area contributed by atoms with Gasteiger partial charge in [0.2, 0.25) is 0 Å². The van der Waals surface area contributed by atoms with Gasteiger partial charge >= 0.3 is 0 Å². The van der Waals surface area contributed by atoms with Crippen LogP contribution < -0.4 is 10.5 Å². The van der Waals surface area contributed by atoms with E-state index < -0.39 is 0 Å². The van der Waals surface area contributed by atoms with Crippen LogP contribution in [0.3, 0.4) is 0 Å². The normalized spacial score (nSPS) is 17.9. The van der Waals surface area contributed by atoms with Gasteiger partial charge in [-0.15, -0.1) is 0 Å². The summed E-state index contributed by atoms with van der Waals surface area (Å²) in [4.78, 5) is 0. The minimum atomic E-state index is 0.0664. The molecule has 35 heavy (non-hydrogen) atoms. The van der Waals surface area contributed by atoms with Crippen molar-refractivity contribution in [1.82, 2.24) is 0 Å². The van der Waals surface area contributed by atoms with Gasteiger partial charge in [-0.1, -0.05) is 43.6 Å². The molecule has 6 nitrogen and oxygen atoms in total. The Kier molecular flexibility index (Phi) is 14.1. The molecular formula is C29H47NO5. The lowest BCUT2D eigenvalue weighted by molar-refractivity contribution is 0.0105. The maximum Gasteiger partial charge on any atom is 0.127 e. The third kappa shape index (κ3) is 10.3. The van der Waals surface area contributed by atoms with Crippen molar-refractivity contribution in [2.24, 2.45) is 11.7 Å². The number of benzene rings is 1. The van der Waals surface area contributed by atoms with E-state index in [1.807, 2.05) is 6.07 Å². The first kappa shape index (κ1) is 29.4. The summed E-state index contributed by atoms with van der Waals surface area (Å²) in [7, 11) is 0. The molecule has 0 heterocycles. The summed E-state index contributed by atoms with van der Waals surface area (Å²) >= 11 is 0. The summed E-state index contributed by atoms with van der Waals surface area (Å²) in [6.07, 6.45) is 8.77. The third-order valence-electron chi connectivity index (χ3n) is 6.45. The molecule has 0 fully saturated rings. The zero-order chi connectivity index (χ0) is 25.5. The second-order valence-corrected chi connectivity index (χ2v) is 9.49. The first-order chi connectivity index (χ1) is 17.0. The van der Waals surface area contributed by atoms with Crippen LogP contribution in [0, 0.1) is 5.92 Å². The predicted octanol–water partition coefficient (Wildman–Crippen LogP) is 5.53. The number of ether oxygens (including phenoxy) is 4. The standard InChI is InChI=1S/C29H47NO5/c1-5-6-7-8-24-20-27(31)29(26-19-23(4)9-10-25(26)22(2)3)28(21-24)35-18-17-34-16-15-33-14-13-32-12-11-30/h19-21,25-26,31H,2,5-18,30H2,1,3-4H3. The van der Waals surface area contributed by atoms with Crippen molar-refractivity contribution < 1.29 is 24.1 Å². The predicted molar refractivity (Wildman–Crippen MR) is 142 cm³/mol. The van der Waals surface area contributed by atoms with Gasteiger partial charge in [-0.3, -0.25) is 0 Å². The molecule has 1 aliphatic carbocycles. The summed E-state index contributed by atoms with van der Waals surface area (Å²) in [6, 6.07) is 4.04. The first-order valence-corrected chi connectivity index (χ1v) is 13.2. The smallest absolute Gasteiger partial charge is 0.127 e. The van der Waals surface area contributed by atoms with Crippen LogP contribution in [-0.4, -0.2) is 57.9 Å². The van der Waals surface area contributed by atoms with E-state index >= 15 is 0 Å². The topological polar surface area (TPSA) is 83.2 Å². The van der Waals surface area contributed by atoms with E-state index in [1.54, 1.807) is 0 Å². The van der Waals surface area contributed by atoms with Crippen molar-refractivity contribution in [2.75, 3.05) is 52.8 Å². The van der Waals surface area contributed by atoms with Crippen LogP contribution in [0.25, 0.3) is 0 Å². The van der Waals surface area contributed by atoms with Gasteiger partial charge in [-0.25, -0.2) is 0 Å². The fraction of sp³-hybridized carbons (Fsp3) is 0.655. The van der Waals surface area contributed by atoms with Crippen molar-refractivity contribution >= 4 is 0 Å². The largest absolute Gasteiger partial charge is 0.507 e. The average molecular weight is 490 g/mol. The number of phenolic OH excluding ortho intramolecular Hbond substituents is 1. The van der Waals surface area contributed by atoms with Crippen molar-refractivity contribution in [3.63, 3.8) is 0 Å². The zero-order valence-electron chi connectivity index (χ0n) is 22.2. The molecule has 0 radical (unpaired) electrons. The number of nitrogens with two attached hydrogens (primary N) is 1. The molecule has 0 spiro atoms. The van der Waals surface area contributed by atoms with E-state index in [-0.39, 0.29) is 5.92 Å². The van der Waals surface area contributed by atoms with Crippen LogP contribution in [0.5, 0.6) is 11.5 Å². The highest BCUT2D eigenvalue weighted by atomic mass is 16.6. The quantitative estimate of drug-likeness (QED) is 0.208. The van der Waals surface area contributed by atoms with Crippen LogP contribution in [0.1, 0.15) is 69.9 Å². The number of allylic oxidation sites excluding steroid dienone is 3. The second kappa shape index (κ2) is 16.7. The van der Waals surface area contributed by atoms with E-state index in [2.05, 4.69) is 39.5 Å². The van der Waals surface area contributed by atoms with Crippen LogP contribution in [0.2, 0.25) is 0 Å². The molecular weight excluding hydrogens is 442 g/mol. The molecule has 2 unspecified atom stereocenters. The lowest BCUT2D eigenvalue weighted by Gasteiger charge is -2.32. The number of phenols is 1. The Morgan fingerprint density at radius 3 is 2.31 bits per heavy atom. The van der Waals surface area contributed by atoms with Crippen LogP contribution >= 0.6 is 0 Å². The van der Waals surface area contributed by atoms with Crippen LogP contribution in [0.15, 0.2) is 35.9 Å². The summed E-state index contributed by atoms with van der Waals surface area (Å²) in [5.74, 6) is 1.44. The highest BCUT2D eigenvalue weighted by Gasteiger charge is 2.30. The number of unbranched alkanes of at least 4 members (excludes halogenated alkanes) is 2. The Labute approximate surface area is 212 Å². The SMILES string of the molecule is C=C(C)C1CCC(C)=CC1c1c(O)cc(CCCCC)cc1OCCOCCOCCOCCN. The van der Waals surface area contributed by atoms with Gasteiger partial charge in [0.25, 0.3) is 0 Å². The molecule has 0 aliphatic heterocycles. The van der Waals surface area contributed by atoms with Crippen molar-refractivity contribution in [2.45, 2.75) is 65.2 Å². The van der Waals surface area contributed by atoms with Gasteiger partial charge in [0.1, 0.15) is 18.1 Å². The van der Waals surface area contributed by atoms with Gasteiger partial charge in [-0.05, 0) is 63.1 Å². The summed E-state index contributed by atoms with van der Waals surface area (Å²) in [6.45, 7) is 14.7. The number of aryl methyl sites for hydroxylation is 1. The Balaban J connectivity index is 2.01. The zero-order valence-corrected chi connectivity index (χ0v) is 22.2. The number of rotatable bonds is 18. The summed E-state index contributed by atoms with van der Waals surface area (Å²) in [5, 5.41) is 11.1. The Morgan fingerprint density at radius 2 is 1.69 bits per heavy atom. The monoisotopic (exact) mass is 489 g/mol. The van der Waals surface area contributed by atoms with E-state index in [1.165, 1.54) is 18.4 Å². The first-order valence-electron chi connectivity index (χ1n) is 13.2. The molecule has 3 N–H and O–H groups in total. The summed E-state index contributed by atoms with van der Waals surface area (Å²) in [5.41, 5.74) is 9.86. The van der Waals surface area contributed by atoms with Crippen LogP contribution in [-0.2, 0) is 20.6 Å². The van der Waals surface area contributed by atoms with E-state index in [0.29, 0.717) is 64.5 Å².